The van der Waals surface area contributed by atoms with Crippen molar-refractivity contribution in [2.45, 2.75) is 39.0 Å². The van der Waals surface area contributed by atoms with Crippen molar-refractivity contribution in [3.8, 4) is 5.75 Å². The number of aliphatic carboxylic acids is 1. The first-order chi connectivity index (χ1) is 12.1. The maximum Gasteiger partial charge on any atom is 0.328 e. The van der Waals surface area contributed by atoms with Gasteiger partial charge in [0, 0.05) is 5.56 Å². The number of aliphatic hydroxyl groups excluding tert-OH is 1. The fourth-order valence-corrected chi connectivity index (χ4v) is 2.59. The molecule has 9 nitrogen and oxygen atoms in total. The number of benzene rings is 1. The lowest BCUT2D eigenvalue weighted by Crippen LogP contribution is -2.56. The van der Waals surface area contributed by atoms with Gasteiger partial charge in [0.1, 0.15) is 11.8 Å². The Bertz CT molecular complexity index is 759. The SMILES string of the molecule is CC(=O)c1ccc2c(c1)N(C(C)C(=O)NC(C(=O)O)C(C)O)C(=O)CO2. The first-order valence-corrected chi connectivity index (χ1v) is 7.94. The van der Waals surface area contributed by atoms with E-state index in [2.05, 4.69) is 5.32 Å². The average Bonchev–Trinajstić information content (AvgIpc) is 2.57. The number of hydrogen-bond acceptors (Lipinski definition) is 6. The summed E-state index contributed by atoms with van der Waals surface area (Å²) in [5.41, 5.74) is 0.590. The van der Waals surface area contributed by atoms with Gasteiger partial charge in [0.05, 0.1) is 11.8 Å². The van der Waals surface area contributed by atoms with Crippen molar-refractivity contribution < 1.29 is 34.1 Å². The van der Waals surface area contributed by atoms with Crippen molar-refractivity contribution in [3.05, 3.63) is 23.8 Å². The van der Waals surface area contributed by atoms with Crippen molar-refractivity contribution in [3.63, 3.8) is 0 Å². The average molecular weight is 364 g/mol. The Morgan fingerprint density at radius 1 is 1.27 bits per heavy atom. The molecular formula is C17H20N2O7. The van der Waals surface area contributed by atoms with Crippen LogP contribution < -0.4 is 15.0 Å². The summed E-state index contributed by atoms with van der Waals surface area (Å²) in [5.74, 6) is -2.55. The van der Waals surface area contributed by atoms with Crippen LogP contribution in [-0.2, 0) is 14.4 Å². The third-order valence-electron chi connectivity index (χ3n) is 4.06. The van der Waals surface area contributed by atoms with Gasteiger partial charge < -0.3 is 20.3 Å². The van der Waals surface area contributed by atoms with Gasteiger partial charge >= 0.3 is 5.97 Å². The Balaban J connectivity index is 2.33. The fraction of sp³-hybridized carbons (Fsp3) is 0.412. The summed E-state index contributed by atoms with van der Waals surface area (Å²) < 4.78 is 5.32. The molecule has 1 aliphatic heterocycles. The monoisotopic (exact) mass is 364 g/mol. The van der Waals surface area contributed by atoms with Gasteiger partial charge in [0.25, 0.3) is 5.91 Å². The van der Waals surface area contributed by atoms with Crippen LogP contribution in [0, 0.1) is 0 Å². The molecule has 26 heavy (non-hydrogen) atoms. The van der Waals surface area contributed by atoms with Crippen molar-refractivity contribution in [1.29, 1.82) is 0 Å². The standard InChI is InChI=1S/C17H20N2O7/c1-8(16(23)18-15(10(3)21)17(24)25)19-12-6-11(9(2)20)4-5-13(12)26-7-14(19)22/h4-6,8,10,15,21H,7H2,1-3H3,(H,18,23)(H,24,25). The minimum Gasteiger partial charge on any atom is -0.482 e. The zero-order valence-electron chi connectivity index (χ0n) is 14.6. The Morgan fingerprint density at radius 2 is 1.92 bits per heavy atom. The molecule has 0 bridgehead atoms. The highest BCUT2D eigenvalue weighted by atomic mass is 16.5. The number of anilines is 1. The number of carboxylic acid groups (broad SMARTS) is 1. The van der Waals surface area contributed by atoms with Crippen LogP contribution in [0.4, 0.5) is 5.69 Å². The number of amides is 2. The summed E-state index contributed by atoms with van der Waals surface area (Å²) in [4.78, 5) is 48.7. The molecule has 1 aromatic rings. The number of carbonyl (C=O) groups excluding carboxylic acids is 3. The van der Waals surface area contributed by atoms with Gasteiger partial charge in [-0.25, -0.2) is 4.79 Å². The molecule has 0 aliphatic carbocycles. The minimum absolute atomic E-state index is 0.220. The summed E-state index contributed by atoms with van der Waals surface area (Å²) in [7, 11) is 0. The van der Waals surface area contributed by atoms with E-state index in [1.54, 1.807) is 6.07 Å². The first-order valence-electron chi connectivity index (χ1n) is 7.94. The van der Waals surface area contributed by atoms with Crippen LogP contribution in [0.1, 0.15) is 31.1 Å². The number of fused-ring (bicyclic) bond motifs is 1. The van der Waals surface area contributed by atoms with Crippen LogP contribution in [0.25, 0.3) is 0 Å². The molecule has 9 heteroatoms. The predicted octanol–water partition coefficient (Wildman–Crippen LogP) is -0.0467. The zero-order valence-corrected chi connectivity index (χ0v) is 14.6. The first kappa shape index (κ1) is 19.4. The van der Waals surface area contributed by atoms with Crippen molar-refractivity contribution >= 4 is 29.3 Å². The largest absolute Gasteiger partial charge is 0.482 e. The molecule has 3 unspecified atom stereocenters. The Kier molecular flexibility index (Phi) is 5.61. The minimum atomic E-state index is -1.51. The lowest BCUT2D eigenvalue weighted by molar-refractivity contribution is -0.145. The Labute approximate surface area is 149 Å². The van der Waals surface area contributed by atoms with E-state index in [4.69, 9.17) is 9.84 Å². The molecule has 1 heterocycles. The van der Waals surface area contributed by atoms with Crippen LogP contribution in [0.3, 0.4) is 0 Å². The van der Waals surface area contributed by atoms with Crippen LogP contribution >= 0.6 is 0 Å². The lowest BCUT2D eigenvalue weighted by atomic mass is 10.1. The highest BCUT2D eigenvalue weighted by molar-refractivity contribution is 6.05. The molecule has 3 atom stereocenters. The van der Waals surface area contributed by atoms with Gasteiger partial charge in [-0.3, -0.25) is 19.3 Å². The Hall–Kier alpha value is -2.94. The van der Waals surface area contributed by atoms with Gasteiger partial charge in [-0.05, 0) is 39.0 Å². The van der Waals surface area contributed by atoms with E-state index in [9.17, 15) is 24.3 Å². The van der Waals surface area contributed by atoms with E-state index in [1.807, 2.05) is 0 Å². The lowest BCUT2D eigenvalue weighted by Gasteiger charge is -2.34. The van der Waals surface area contributed by atoms with Gasteiger partial charge in [-0.2, -0.15) is 0 Å². The third-order valence-corrected chi connectivity index (χ3v) is 4.06. The maximum atomic E-state index is 12.4. The van der Waals surface area contributed by atoms with Crippen molar-refractivity contribution in [2.24, 2.45) is 0 Å². The van der Waals surface area contributed by atoms with Gasteiger partial charge in [-0.1, -0.05) is 0 Å². The van der Waals surface area contributed by atoms with Gasteiger partial charge in [0.2, 0.25) is 5.91 Å². The predicted molar refractivity (Wildman–Crippen MR) is 90.1 cm³/mol. The number of carbonyl (C=O) groups is 4. The summed E-state index contributed by atoms with van der Waals surface area (Å²) in [6.45, 7) is 3.73. The summed E-state index contributed by atoms with van der Waals surface area (Å²) in [5, 5.41) is 20.8. The highest BCUT2D eigenvalue weighted by Crippen LogP contribution is 2.34. The van der Waals surface area contributed by atoms with Crippen LogP contribution in [0.5, 0.6) is 5.75 Å². The molecule has 0 radical (unpaired) electrons. The molecule has 2 rings (SSSR count). The number of aliphatic hydroxyl groups is 1. The van der Waals surface area contributed by atoms with Crippen LogP contribution in [0.15, 0.2) is 18.2 Å². The number of carboxylic acids is 1. The number of hydrogen-bond donors (Lipinski definition) is 3. The quantitative estimate of drug-likeness (QED) is 0.603. The second-order valence-electron chi connectivity index (χ2n) is 6.03. The molecule has 1 aliphatic rings. The summed E-state index contributed by atoms with van der Waals surface area (Å²) >= 11 is 0. The zero-order chi connectivity index (χ0) is 19.6. The smallest absolute Gasteiger partial charge is 0.328 e. The fourth-order valence-electron chi connectivity index (χ4n) is 2.59. The molecular weight excluding hydrogens is 344 g/mol. The summed E-state index contributed by atoms with van der Waals surface area (Å²) in [6, 6.07) is 1.94. The van der Waals surface area contributed by atoms with Crippen molar-refractivity contribution in [2.75, 3.05) is 11.5 Å². The van der Waals surface area contributed by atoms with Gasteiger partial charge in [0.15, 0.2) is 18.4 Å². The van der Waals surface area contributed by atoms with Crippen LogP contribution in [0.2, 0.25) is 0 Å². The van der Waals surface area contributed by atoms with E-state index in [1.165, 1.54) is 32.9 Å². The number of nitrogens with one attached hydrogen (secondary N) is 1. The molecule has 0 spiro atoms. The number of nitrogens with zero attached hydrogens (tertiary/aromatic N) is 1. The van der Waals surface area contributed by atoms with E-state index in [0.717, 1.165) is 4.90 Å². The van der Waals surface area contributed by atoms with E-state index in [-0.39, 0.29) is 18.1 Å². The van der Waals surface area contributed by atoms with Crippen LogP contribution in [-0.4, -0.2) is 58.6 Å². The molecule has 1 aromatic carbocycles. The third kappa shape index (κ3) is 3.83. The van der Waals surface area contributed by atoms with Crippen molar-refractivity contribution in [1.82, 2.24) is 5.32 Å². The van der Waals surface area contributed by atoms with Gasteiger partial charge in [-0.15, -0.1) is 0 Å². The number of ether oxygens (including phenoxy) is 1. The Morgan fingerprint density at radius 3 is 2.46 bits per heavy atom. The summed E-state index contributed by atoms with van der Waals surface area (Å²) in [6.07, 6.45) is -1.32. The second kappa shape index (κ2) is 7.52. The van der Waals surface area contributed by atoms with E-state index < -0.39 is 36.0 Å². The van der Waals surface area contributed by atoms with E-state index in [0.29, 0.717) is 11.3 Å². The highest BCUT2D eigenvalue weighted by Gasteiger charge is 2.35. The molecule has 2 amide bonds. The number of rotatable bonds is 6. The topological polar surface area (TPSA) is 133 Å². The second-order valence-corrected chi connectivity index (χ2v) is 6.03. The van der Waals surface area contributed by atoms with E-state index >= 15 is 0 Å². The molecule has 0 saturated carbocycles. The maximum absolute atomic E-state index is 12.4. The molecule has 3 N–H and O–H groups in total. The number of Topliss-reactive ketones (excluding diaryl/α,β-unsaturated/α-hetero) is 1. The molecule has 0 fully saturated rings. The molecule has 140 valence electrons. The normalized spacial score (nSPS) is 16.8. The number of ketones is 1. The molecule has 0 saturated heterocycles. The molecule has 0 aromatic heterocycles.